The van der Waals surface area contributed by atoms with Crippen molar-refractivity contribution in [1.82, 2.24) is 20.4 Å². The van der Waals surface area contributed by atoms with E-state index in [9.17, 15) is 0 Å². The van der Waals surface area contributed by atoms with E-state index in [1.54, 1.807) is 64.2 Å². The Morgan fingerprint density at radius 3 is 1.62 bits per heavy atom. The third kappa shape index (κ3) is 8.71. The van der Waals surface area contributed by atoms with E-state index in [1.807, 2.05) is 0 Å². The highest BCUT2D eigenvalue weighted by molar-refractivity contribution is 8.00. The first-order valence-electron chi connectivity index (χ1n) is 25.9. The average molecular weight is 775 g/mol. The Balaban J connectivity index is 0.719. The molecule has 55 heavy (non-hydrogen) atoms. The molecule has 0 aromatic heterocycles. The van der Waals surface area contributed by atoms with Crippen LogP contribution in [0.4, 0.5) is 0 Å². The zero-order chi connectivity index (χ0) is 36.6. The van der Waals surface area contributed by atoms with Crippen LogP contribution in [0.1, 0.15) is 205 Å². The lowest BCUT2D eigenvalue weighted by Gasteiger charge is -2.59. The predicted molar refractivity (Wildman–Crippen MR) is 234 cm³/mol. The number of nitrogens with zero attached hydrogens (tertiary/aromatic N) is 2. The molecule has 0 radical (unpaired) electrons. The lowest BCUT2D eigenvalue weighted by molar-refractivity contribution is -0.0243. The Hall–Kier alpha value is 0.190. The zero-order valence-corrected chi connectivity index (χ0v) is 36.4. The van der Waals surface area contributed by atoms with Crippen LogP contribution in [-0.4, -0.2) is 75.8 Å². The maximum absolute atomic E-state index is 3.77. The molecular formula is C50H86N4S. The molecule has 8 saturated carbocycles. The van der Waals surface area contributed by atoms with Gasteiger partial charge in [0, 0.05) is 66.0 Å². The Labute approximate surface area is 343 Å². The quantitative estimate of drug-likeness (QED) is 0.269. The molecular weight excluding hydrogens is 689 g/mol. The maximum Gasteiger partial charge on any atom is 0.0456 e. The summed E-state index contributed by atoms with van der Waals surface area (Å²) in [4.78, 5) is 6.60. The van der Waals surface area contributed by atoms with Crippen LogP contribution in [0.2, 0.25) is 0 Å². The van der Waals surface area contributed by atoms with Crippen LogP contribution >= 0.6 is 11.8 Å². The SMILES string of the molecule is C1CCC(N(C2CCC(C3CCC(C4CCC(C5CCC6NCNCC6C5)CC4)CC3)CC2)C2CCC3C(C2)SC2CCCCC2N3C2CCCCC2)CC1. The molecule has 8 atom stereocenters. The van der Waals surface area contributed by atoms with Crippen LogP contribution in [0.5, 0.6) is 0 Å². The van der Waals surface area contributed by atoms with Gasteiger partial charge in [-0.15, -0.1) is 0 Å². The molecule has 0 aromatic rings. The van der Waals surface area contributed by atoms with E-state index in [0.29, 0.717) is 0 Å². The zero-order valence-electron chi connectivity index (χ0n) is 35.6. The topological polar surface area (TPSA) is 30.5 Å². The second-order valence-electron chi connectivity index (χ2n) is 22.3. The van der Waals surface area contributed by atoms with Crippen LogP contribution in [0.15, 0.2) is 0 Å². The van der Waals surface area contributed by atoms with Gasteiger partial charge in [-0.25, -0.2) is 0 Å². The minimum Gasteiger partial charge on any atom is -0.304 e. The molecule has 2 heterocycles. The molecule has 2 aliphatic heterocycles. The third-order valence-electron chi connectivity index (χ3n) is 19.6. The van der Waals surface area contributed by atoms with Gasteiger partial charge in [-0.05, 0) is 196 Å². The molecule has 10 aliphatic rings. The first-order valence-corrected chi connectivity index (χ1v) is 26.8. The third-order valence-corrected chi connectivity index (χ3v) is 21.4. The Morgan fingerprint density at radius 2 is 0.927 bits per heavy atom. The number of fused-ring (bicyclic) bond motifs is 3. The first-order chi connectivity index (χ1) is 27.2. The molecule has 0 aromatic carbocycles. The van der Waals surface area contributed by atoms with E-state index >= 15 is 0 Å². The van der Waals surface area contributed by atoms with Crippen molar-refractivity contribution < 1.29 is 0 Å². The van der Waals surface area contributed by atoms with Gasteiger partial charge < -0.3 is 10.6 Å². The van der Waals surface area contributed by atoms with Crippen molar-refractivity contribution in [3.8, 4) is 0 Å². The number of thioether (sulfide) groups is 1. The highest BCUT2D eigenvalue weighted by Gasteiger charge is 2.50. The summed E-state index contributed by atoms with van der Waals surface area (Å²) in [6, 6.07) is 6.25. The van der Waals surface area contributed by atoms with Gasteiger partial charge in [0.25, 0.3) is 0 Å². The molecule has 4 nitrogen and oxygen atoms in total. The van der Waals surface area contributed by atoms with Gasteiger partial charge in [-0.3, -0.25) is 9.80 Å². The predicted octanol–water partition coefficient (Wildman–Crippen LogP) is 11.7. The van der Waals surface area contributed by atoms with Gasteiger partial charge in [-0.2, -0.15) is 11.8 Å². The van der Waals surface area contributed by atoms with Crippen molar-refractivity contribution in [2.75, 3.05) is 13.2 Å². The minimum absolute atomic E-state index is 0.817. The van der Waals surface area contributed by atoms with Crippen molar-refractivity contribution in [3.63, 3.8) is 0 Å². The second kappa shape index (κ2) is 18.4. The fourth-order valence-electron chi connectivity index (χ4n) is 16.8. The monoisotopic (exact) mass is 775 g/mol. The largest absolute Gasteiger partial charge is 0.304 e. The lowest BCUT2D eigenvalue weighted by atomic mass is 9.62. The molecule has 2 saturated heterocycles. The fraction of sp³-hybridized carbons (Fsp3) is 1.00. The maximum atomic E-state index is 3.77. The number of rotatable bonds is 7. The number of nitrogens with one attached hydrogen (secondary N) is 2. The summed E-state index contributed by atoms with van der Waals surface area (Å²) in [5.74, 6) is 7.25. The summed E-state index contributed by atoms with van der Waals surface area (Å²) < 4.78 is 0. The molecule has 8 aliphatic carbocycles. The molecule has 0 bridgehead atoms. The molecule has 10 rings (SSSR count). The van der Waals surface area contributed by atoms with Crippen molar-refractivity contribution in [2.24, 2.45) is 41.4 Å². The summed E-state index contributed by atoms with van der Waals surface area (Å²) in [5.41, 5.74) is 0. The van der Waals surface area contributed by atoms with E-state index in [4.69, 9.17) is 0 Å². The molecule has 10 fully saturated rings. The first kappa shape index (κ1) is 39.3. The van der Waals surface area contributed by atoms with Crippen LogP contribution in [0.25, 0.3) is 0 Å². The normalized spacial score (nSPS) is 47.1. The smallest absolute Gasteiger partial charge is 0.0456 e. The van der Waals surface area contributed by atoms with E-state index < -0.39 is 0 Å². The van der Waals surface area contributed by atoms with Gasteiger partial charge in [0.2, 0.25) is 0 Å². The molecule has 0 spiro atoms. The lowest BCUT2D eigenvalue weighted by Crippen LogP contribution is -2.64. The van der Waals surface area contributed by atoms with Crippen LogP contribution in [0.3, 0.4) is 0 Å². The average Bonchev–Trinajstić information content (AvgIpc) is 3.26. The fourth-order valence-corrected chi connectivity index (χ4v) is 18.8. The van der Waals surface area contributed by atoms with E-state index in [1.165, 1.54) is 148 Å². The van der Waals surface area contributed by atoms with Crippen molar-refractivity contribution in [1.29, 1.82) is 0 Å². The Bertz CT molecular complexity index is 1180. The summed E-state index contributed by atoms with van der Waals surface area (Å²) in [6.45, 7) is 2.31. The standard InChI is InChI=1S/C50H86N4S/c1-3-9-42(10-4-1)53(45-28-30-48-50(32-45)55-49-14-8-7-13-47(49)54(48)43-11-5-2-6-12-43)44-26-23-38(24-27-44)37-17-15-35(16-18-37)36-19-21-39(22-20-36)40-25-29-46-41(31-40)33-51-34-52-46/h35-52H,1-34H2. The van der Waals surface area contributed by atoms with Crippen LogP contribution < -0.4 is 10.6 Å². The highest BCUT2D eigenvalue weighted by atomic mass is 32.2. The van der Waals surface area contributed by atoms with Crippen LogP contribution in [0, 0.1) is 41.4 Å². The molecule has 5 heteroatoms. The molecule has 2 N–H and O–H groups in total. The van der Waals surface area contributed by atoms with Gasteiger partial charge >= 0.3 is 0 Å². The number of hydrogen-bond acceptors (Lipinski definition) is 5. The highest BCUT2D eigenvalue weighted by Crippen LogP contribution is 2.52. The van der Waals surface area contributed by atoms with E-state index in [2.05, 4.69) is 32.2 Å². The van der Waals surface area contributed by atoms with Crippen molar-refractivity contribution in [2.45, 2.75) is 258 Å². The molecule has 312 valence electrons. The van der Waals surface area contributed by atoms with Gasteiger partial charge in [0.1, 0.15) is 0 Å². The van der Waals surface area contributed by atoms with Gasteiger partial charge in [-0.1, -0.05) is 51.4 Å². The second-order valence-corrected chi connectivity index (χ2v) is 23.8. The Morgan fingerprint density at radius 1 is 0.400 bits per heavy atom. The van der Waals surface area contributed by atoms with Gasteiger partial charge in [0.05, 0.1) is 0 Å². The number of hydrogen-bond donors (Lipinski definition) is 2. The minimum atomic E-state index is 0.817. The molecule has 0 amide bonds. The Kier molecular flexibility index (Phi) is 13.2. The summed E-state index contributed by atoms with van der Waals surface area (Å²) in [5, 5.41) is 9.26. The van der Waals surface area contributed by atoms with E-state index in [-0.39, 0.29) is 0 Å². The summed E-state index contributed by atoms with van der Waals surface area (Å²) >= 11 is 2.55. The summed E-state index contributed by atoms with van der Waals surface area (Å²) in [6.07, 6.45) is 49.0. The van der Waals surface area contributed by atoms with Crippen LogP contribution in [-0.2, 0) is 0 Å². The van der Waals surface area contributed by atoms with E-state index in [0.717, 1.165) is 101 Å². The summed E-state index contributed by atoms with van der Waals surface area (Å²) in [7, 11) is 0. The molecule has 8 unspecified atom stereocenters. The van der Waals surface area contributed by atoms with Gasteiger partial charge in [0.15, 0.2) is 0 Å². The van der Waals surface area contributed by atoms with Crippen molar-refractivity contribution >= 4 is 11.8 Å². The van der Waals surface area contributed by atoms with Crippen molar-refractivity contribution in [3.05, 3.63) is 0 Å².